The Hall–Kier alpha value is -6.57. The second-order valence-electron chi connectivity index (χ2n) is 40.2. The number of likely N-dealkylation sites (N-methyl/N-ethyl adjacent to an activating group) is 11. The number of likely N-dealkylation sites (tertiary alicyclic amines) is 4. The van der Waals surface area contributed by atoms with Crippen LogP contribution in [0.4, 0.5) is 4.79 Å². The first-order valence-corrected chi connectivity index (χ1v) is 50.4. The molecule has 2 amide bonds. The van der Waals surface area contributed by atoms with Crippen molar-refractivity contribution in [1.29, 1.82) is 0 Å². The van der Waals surface area contributed by atoms with Crippen LogP contribution in [-0.4, -0.2) is 334 Å². The van der Waals surface area contributed by atoms with Gasteiger partial charge in [0.25, 0.3) is 0 Å². The number of hydrogen-bond donors (Lipinski definition) is 0. The number of fused-ring (bicyclic) bond motifs is 8. The van der Waals surface area contributed by atoms with E-state index in [-0.39, 0.29) is 94.1 Å². The summed E-state index contributed by atoms with van der Waals surface area (Å²) in [5.74, 6) is 8.92. The molecule has 15 aliphatic rings. The van der Waals surface area contributed by atoms with Gasteiger partial charge in [0, 0.05) is 88.4 Å². The normalized spacial score (nSPS) is 28.2. The molecule has 724 valence electrons. The lowest BCUT2D eigenvalue weighted by molar-refractivity contribution is -0.129. The van der Waals surface area contributed by atoms with E-state index < -0.39 is 0 Å². The van der Waals surface area contributed by atoms with Gasteiger partial charge < -0.3 is 19.3 Å². The van der Waals surface area contributed by atoms with Crippen molar-refractivity contribution in [1.82, 2.24) is 54.0 Å². The topological polar surface area (TPSA) is 254 Å². The molecule has 18 rings (SSSR count). The van der Waals surface area contributed by atoms with Crippen molar-refractivity contribution >= 4 is 104 Å². The molecule has 28 heteroatoms. The number of piperidine rings is 2. The third-order valence-corrected chi connectivity index (χ3v) is 34.6. The molecule has 3 saturated carbocycles. The van der Waals surface area contributed by atoms with E-state index in [9.17, 15) is 52.7 Å². The predicted molar refractivity (Wildman–Crippen MR) is 527 cm³/mol. The maximum Gasteiger partial charge on any atom is 0.320 e. The van der Waals surface area contributed by atoms with Crippen LogP contribution in [0.3, 0.4) is 0 Å². The van der Waals surface area contributed by atoms with Crippen molar-refractivity contribution in [3.05, 3.63) is 94.0 Å². The first kappa shape index (κ1) is 109. The minimum absolute atomic E-state index is 0.0319. The van der Waals surface area contributed by atoms with Gasteiger partial charge in [-0.15, -0.1) is 23.5 Å². The minimum atomic E-state index is -0.243. The Morgan fingerprint density at radius 3 is 1.30 bits per heavy atom. The Balaban J connectivity index is 0.000000179. The fraction of sp³-hybridized carbons (Fsp3) is 0.706. The van der Waals surface area contributed by atoms with Crippen LogP contribution in [0.1, 0.15) is 226 Å². The molecule has 25 nitrogen and oxygen atoms in total. The number of ketones is 10. The lowest BCUT2D eigenvalue weighted by Gasteiger charge is -2.48. The van der Waals surface area contributed by atoms with Crippen molar-refractivity contribution in [2.24, 2.45) is 28.3 Å². The Morgan fingerprint density at radius 2 is 0.923 bits per heavy atom. The van der Waals surface area contributed by atoms with E-state index in [1.165, 1.54) is 134 Å². The highest BCUT2D eigenvalue weighted by Gasteiger charge is 2.49. The number of rotatable bonds is 14. The summed E-state index contributed by atoms with van der Waals surface area (Å²) in [4.78, 5) is 144. The summed E-state index contributed by atoms with van der Waals surface area (Å²) in [5.41, 5.74) is 7.98. The van der Waals surface area contributed by atoms with Crippen molar-refractivity contribution < 1.29 is 62.2 Å². The van der Waals surface area contributed by atoms with Crippen LogP contribution in [-0.2, 0) is 86.7 Å². The van der Waals surface area contributed by atoms with Crippen LogP contribution in [0.5, 0.6) is 11.5 Å². The molecule has 3 aromatic carbocycles. The molecule has 4 unspecified atom stereocenters. The lowest BCUT2D eigenvalue weighted by Crippen LogP contribution is -2.55. The maximum absolute atomic E-state index is 11.6. The fourth-order valence-electron chi connectivity index (χ4n) is 22.0. The van der Waals surface area contributed by atoms with Crippen LogP contribution < -0.4 is 9.47 Å². The quantitative estimate of drug-likeness (QED) is 0.145. The smallest absolute Gasteiger partial charge is 0.320 e. The van der Waals surface area contributed by atoms with E-state index in [0.717, 1.165) is 112 Å². The molecule has 8 saturated heterocycles. The zero-order valence-corrected chi connectivity index (χ0v) is 86.2. The summed E-state index contributed by atoms with van der Waals surface area (Å²) in [6, 6.07) is 24.4. The Bertz CT molecular complexity index is 4360. The summed E-state index contributed by atoms with van der Waals surface area (Å²) in [7, 11) is 24.9. The third-order valence-electron chi connectivity index (χ3n) is 29.4. The van der Waals surface area contributed by atoms with Gasteiger partial charge in [0.15, 0.2) is 28.4 Å². The van der Waals surface area contributed by atoms with Crippen molar-refractivity contribution in [2.75, 3.05) is 129 Å². The van der Waals surface area contributed by atoms with Crippen LogP contribution in [0.25, 0.3) is 0 Å². The third kappa shape index (κ3) is 29.2. The number of hydrazone groups is 1. The van der Waals surface area contributed by atoms with Gasteiger partial charge in [0.05, 0.1) is 67.1 Å². The Morgan fingerprint density at radius 1 is 0.469 bits per heavy atom. The number of carbonyl (C=O) groups is 11. The molecule has 0 aromatic heterocycles. The number of methoxy groups -OCH3 is 2. The summed E-state index contributed by atoms with van der Waals surface area (Å²) >= 11 is 5.65. The van der Waals surface area contributed by atoms with Gasteiger partial charge in [-0.05, 0) is 305 Å². The lowest BCUT2D eigenvalue weighted by atomic mass is 9.74. The number of carbonyl (C=O) groups excluding carboxylic acids is 11. The highest BCUT2D eigenvalue weighted by Crippen LogP contribution is 2.52. The van der Waals surface area contributed by atoms with E-state index in [2.05, 4.69) is 136 Å². The van der Waals surface area contributed by atoms with Crippen molar-refractivity contribution in [3.63, 3.8) is 0 Å². The fourth-order valence-corrected chi connectivity index (χ4v) is 26.5. The van der Waals surface area contributed by atoms with Crippen LogP contribution in [0.15, 0.2) is 65.8 Å². The number of Topliss-reactive ketones (excluding diaryl/α,β-unsaturated/α-hetero) is 10. The number of nitrogens with zero attached hydrogens (tertiary/aromatic N) is 12. The SMILES string of the molecule is CC(=O)CN(C)C1Cc2ccccc2C1.CC(=O)[C@@H]1C2CCC(CC2)N1C.CC(=O)[C@@H]1CC2(CN1C)SCCS2.CC(=O)[C@@H]1CC2CCCC2N1C.CC(=O)[C@@H]1CC2CCCCC2N1C.CC(=O)[C@@H]1CCCN1C.CC(=O)[C@@H]1CN(C)C(=O)N1C.CC(=O)[C@@H]1Cc2ccccc2CN1C.CC(=O)[C@@H]1SC(C(C)(C)C)=NN1C.COc1cc2c(cc1OC)CN(C)[C@H](C(C)=O)C2. The molecule has 1 spiro atoms. The van der Waals surface area contributed by atoms with E-state index in [1.807, 2.05) is 77.0 Å². The van der Waals surface area contributed by atoms with Gasteiger partial charge >= 0.3 is 6.03 Å². The number of hydrogen-bond acceptors (Lipinski definition) is 26. The van der Waals surface area contributed by atoms with Gasteiger partial charge in [0.2, 0.25) is 0 Å². The van der Waals surface area contributed by atoms with E-state index in [1.54, 1.807) is 112 Å². The van der Waals surface area contributed by atoms with Crippen LogP contribution >= 0.6 is 35.3 Å². The first-order valence-electron chi connectivity index (χ1n) is 47.5. The van der Waals surface area contributed by atoms with Gasteiger partial charge in [-0.1, -0.05) is 100 Å². The Labute approximate surface area is 792 Å². The molecule has 11 heterocycles. The maximum atomic E-state index is 11.6. The van der Waals surface area contributed by atoms with Crippen LogP contribution in [0, 0.1) is 23.2 Å². The van der Waals surface area contributed by atoms with Gasteiger partial charge in [-0.2, -0.15) is 5.10 Å². The van der Waals surface area contributed by atoms with Crippen LogP contribution in [0.2, 0.25) is 0 Å². The molecule has 3 aromatic rings. The summed E-state index contributed by atoms with van der Waals surface area (Å²) in [6.07, 6.45) is 23.9. The second-order valence-corrected chi connectivity index (χ2v) is 44.5. The number of thioether (sulfide) groups is 3. The summed E-state index contributed by atoms with van der Waals surface area (Å²) < 4.78 is 11.0. The van der Waals surface area contributed by atoms with E-state index >= 15 is 0 Å². The molecular weight excluding hydrogens is 1700 g/mol. The predicted octanol–water partition coefficient (Wildman–Crippen LogP) is 13.7. The Kier molecular flexibility index (Phi) is 41.6. The number of ether oxygens (including phenoxy) is 2. The number of amides is 2. The van der Waals surface area contributed by atoms with Gasteiger partial charge in [-0.25, -0.2) is 4.79 Å². The number of benzene rings is 3. The van der Waals surface area contributed by atoms with E-state index in [0.29, 0.717) is 70.1 Å². The molecule has 2 bridgehead atoms. The van der Waals surface area contributed by atoms with Crippen molar-refractivity contribution in [3.8, 4) is 11.5 Å². The largest absolute Gasteiger partial charge is 0.493 e. The molecule has 130 heavy (non-hydrogen) atoms. The van der Waals surface area contributed by atoms with E-state index in [4.69, 9.17) is 9.47 Å². The molecule has 11 aliphatic heterocycles. The molecule has 13 atom stereocenters. The monoisotopic (exact) mass is 1860 g/mol. The first-order chi connectivity index (χ1) is 61.2. The molecule has 0 N–H and O–H groups in total. The highest BCUT2D eigenvalue weighted by atomic mass is 32.2. The molecular formula is C102H160N12O13S3. The summed E-state index contributed by atoms with van der Waals surface area (Å²) in [5, 5.41) is 7.02. The van der Waals surface area contributed by atoms with Gasteiger partial charge in [-0.3, -0.25) is 92.2 Å². The molecule has 0 radical (unpaired) electrons. The second kappa shape index (κ2) is 49.8. The standard InChI is InChI=1S/C14H19NO3.C13H17NO.C12H15NO.C11H19NO.2C10H17NO.C9H16N2OS.C9H15NOS2.C7H12N2O2.C7H13NO/c1-9(16)12-5-10-6-13(17-3)14(18-4)7-11(10)8-15(12)2;1-10(15)9-14(2)13-7-11-5-3-4-6-12(11)8-13;1-9(14)12-7-10-5-3-4-6-11(10)8-13(12)2;1-8(13)11-7-9-5-3-4-6-10(9)12(11)2;1-7(12)10-8-3-5-9(6-4-8)11(10)2;1-7(12)10-6-8-4-3-5-9(8)11(10)2;1-6(12)7-11(5)10-8(13-7)9(2,3)4;1-7(11)8-5-9(6-10(8)2)12-3-4-13-9;1-5(10)6-4-8(2)7(11)9(6)3;1-6(9)7-4-3-5-8(7)2/h6-7,12H,5,8H2,1-4H3;3-6,13H,7-9H2,1-2H3;3-6,12H,7-8H2,1-2H3;9-11H,3-7H2,1-2H3;2*8-10H,3-6H2,1-2H3;7H,1-5H3;8H,3-6H2,1-2H3;6H,4H2,1-3H3;7H,3-5H2,1-2H3/t12-;;12-;9?,10?,11-;2*8?,9?,10-;7-;8-;6-;7-/m0.00100000/s1. The minimum Gasteiger partial charge on any atom is -0.493 e. The zero-order valence-electron chi connectivity index (χ0n) is 83.7. The average Bonchev–Trinajstić information content (AvgIpc) is 1.13. The highest BCUT2D eigenvalue weighted by molar-refractivity contribution is 8.21. The van der Waals surface area contributed by atoms with Crippen molar-refractivity contribution in [2.45, 2.75) is 313 Å². The molecule has 4 aliphatic carbocycles. The summed E-state index contributed by atoms with van der Waals surface area (Å²) in [6.45, 7) is 27.9. The number of urea groups is 1. The molecule has 11 fully saturated rings. The zero-order chi connectivity index (χ0) is 96.2. The van der Waals surface area contributed by atoms with Gasteiger partial charge in [0.1, 0.15) is 57.4 Å². The average molecular weight is 1860 g/mol.